The van der Waals surface area contributed by atoms with E-state index in [1.807, 2.05) is 0 Å². The summed E-state index contributed by atoms with van der Waals surface area (Å²) in [5.74, 6) is 1.70. The summed E-state index contributed by atoms with van der Waals surface area (Å²) in [6, 6.07) is 1.58. The van der Waals surface area contributed by atoms with Crippen molar-refractivity contribution in [2.45, 2.75) is 58.5 Å². The zero-order valence-corrected chi connectivity index (χ0v) is 11.2. The Morgan fingerprint density at radius 2 is 1.94 bits per heavy atom. The Labute approximate surface area is 101 Å². The van der Waals surface area contributed by atoms with E-state index < -0.39 is 0 Å². The molecule has 0 radical (unpaired) electrons. The Balaban J connectivity index is 1.88. The third kappa shape index (κ3) is 2.78. The van der Waals surface area contributed by atoms with Crippen molar-refractivity contribution in [3.05, 3.63) is 0 Å². The summed E-state index contributed by atoms with van der Waals surface area (Å²) in [7, 11) is 0. The Kier molecular flexibility index (Phi) is 4.26. The Hall–Kier alpha value is -0.0800. The molecule has 0 aromatic heterocycles. The monoisotopic (exact) mass is 224 g/mol. The maximum atomic E-state index is 3.69. The number of nitrogens with zero attached hydrogens (tertiary/aromatic N) is 1. The fraction of sp³-hybridized carbons (Fsp3) is 1.00. The van der Waals surface area contributed by atoms with E-state index in [1.165, 1.54) is 45.3 Å². The van der Waals surface area contributed by atoms with E-state index in [4.69, 9.17) is 0 Å². The van der Waals surface area contributed by atoms with Crippen LogP contribution in [0.1, 0.15) is 46.5 Å². The molecule has 2 fully saturated rings. The summed E-state index contributed by atoms with van der Waals surface area (Å²) >= 11 is 0. The van der Waals surface area contributed by atoms with E-state index >= 15 is 0 Å². The minimum Gasteiger partial charge on any atom is -0.314 e. The second-order valence-corrected chi connectivity index (χ2v) is 6.08. The quantitative estimate of drug-likeness (QED) is 0.792. The summed E-state index contributed by atoms with van der Waals surface area (Å²) in [6.07, 6.45) is 5.65. The molecule has 3 unspecified atom stereocenters. The topological polar surface area (TPSA) is 15.3 Å². The lowest BCUT2D eigenvalue weighted by Gasteiger charge is -2.40. The van der Waals surface area contributed by atoms with Gasteiger partial charge in [-0.1, -0.05) is 13.8 Å². The average molecular weight is 224 g/mol. The largest absolute Gasteiger partial charge is 0.314 e. The molecule has 0 aromatic rings. The van der Waals surface area contributed by atoms with Crippen LogP contribution in [-0.4, -0.2) is 36.6 Å². The second-order valence-electron chi connectivity index (χ2n) is 6.08. The molecule has 2 saturated heterocycles. The summed E-state index contributed by atoms with van der Waals surface area (Å²) in [4.78, 5) is 2.72. The molecule has 2 heteroatoms. The minimum atomic E-state index is 0.754. The van der Waals surface area contributed by atoms with Gasteiger partial charge in [-0.05, 0) is 57.5 Å². The van der Waals surface area contributed by atoms with Gasteiger partial charge in [0, 0.05) is 18.6 Å². The van der Waals surface area contributed by atoms with Crippen molar-refractivity contribution in [2.24, 2.45) is 11.8 Å². The molecule has 2 aliphatic heterocycles. The zero-order valence-electron chi connectivity index (χ0n) is 11.2. The van der Waals surface area contributed by atoms with Gasteiger partial charge in [-0.2, -0.15) is 0 Å². The Morgan fingerprint density at radius 1 is 1.12 bits per heavy atom. The van der Waals surface area contributed by atoms with Crippen LogP contribution < -0.4 is 5.32 Å². The maximum absolute atomic E-state index is 3.69. The first-order valence-corrected chi connectivity index (χ1v) is 7.16. The highest BCUT2D eigenvalue weighted by atomic mass is 15.2. The first-order chi connectivity index (χ1) is 7.68. The molecule has 1 N–H and O–H groups in total. The highest BCUT2D eigenvalue weighted by Gasteiger charge is 2.31. The molecular formula is C14H28N2. The zero-order chi connectivity index (χ0) is 11.5. The molecule has 2 heterocycles. The molecule has 2 rings (SSSR count). The summed E-state index contributed by atoms with van der Waals surface area (Å²) in [6.45, 7) is 11.0. The van der Waals surface area contributed by atoms with E-state index in [0.717, 1.165) is 23.9 Å². The summed E-state index contributed by atoms with van der Waals surface area (Å²) in [5, 5.41) is 3.69. The van der Waals surface area contributed by atoms with Gasteiger partial charge in [0.2, 0.25) is 0 Å². The van der Waals surface area contributed by atoms with E-state index in [2.05, 4.69) is 31.0 Å². The fourth-order valence-electron chi connectivity index (χ4n) is 3.27. The van der Waals surface area contributed by atoms with Crippen LogP contribution in [-0.2, 0) is 0 Å². The van der Waals surface area contributed by atoms with Crippen molar-refractivity contribution in [1.29, 1.82) is 0 Å². The molecule has 0 spiro atoms. The van der Waals surface area contributed by atoms with E-state index in [1.54, 1.807) is 0 Å². The van der Waals surface area contributed by atoms with Crippen molar-refractivity contribution < 1.29 is 0 Å². The highest BCUT2D eigenvalue weighted by molar-refractivity contribution is 4.87. The number of hydrogen-bond donors (Lipinski definition) is 1. The standard InChI is InChI=1S/C14H28N2/c1-11(2)12(3)16-9-5-6-13(10-16)14-7-4-8-15-14/h11-15H,4-10H2,1-3H3. The van der Waals surface area contributed by atoms with Gasteiger partial charge in [-0.25, -0.2) is 0 Å². The average Bonchev–Trinajstić information content (AvgIpc) is 2.81. The van der Waals surface area contributed by atoms with Crippen LogP contribution >= 0.6 is 0 Å². The SMILES string of the molecule is CC(C)C(C)N1CCCC(C2CCCN2)C1. The molecule has 0 aliphatic carbocycles. The van der Waals surface area contributed by atoms with Gasteiger partial charge >= 0.3 is 0 Å². The Morgan fingerprint density at radius 3 is 2.56 bits per heavy atom. The normalized spacial score (nSPS) is 34.5. The van der Waals surface area contributed by atoms with Crippen molar-refractivity contribution in [3.63, 3.8) is 0 Å². The van der Waals surface area contributed by atoms with Crippen LogP contribution in [0.3, 0.4) is 0 Å². The Bertz CT molecular complexity index is 201. The predicted molar refractivity (Wildman–Crippen MR) is 69.6 cm³/mol. The van der Waals surface area contributed by atoms with E-state index in [-0.39, 0.29) is 0 Å². The van der Waals surface area contributed by atoms with E-state index in [0.29, 0.717) is 0 Å². The first kappa shape index (κ1) is 12.4. The number of hydrogen-bond acceptors (Lipinski definition) is 2. The van der Waals surface area contributed by atoms with Gasteiger partial charge in [-0.15, -0.1) is 0 Å². The summed E-state index contributed by atoms with van der Waals surface area (Å²) < 4.78 is 0. The highest BCUT2D eigenvalue weighted by Crippen LogP contribution is 2.27. The molecule has 2 nitrogen and oxygen atoms in total. The maximum Gasteiger partial charge on any atom is 0.0108 e. The lowest BCUT2D eigenvalue weighted by atomic mass is 9.88. The smallest absolute Gasteiger partial charge is 0.0108 e. The molecule has 3 atom stereocenters. The van der Waals surface area contributed by atoms with Crippen LogP contribution in [0.2, 0.25) is 0 Å². The molecule has 0 aromatic carbocycles. The molecular weight excluding hydrogens is 196 g/mol. The fourth-order valence-corrected chi connectivity index (χ4v) is 3.27. The summed E-state index contributed by atoms with van der Waals surface area (Å²) in [5.41, 5.74) is 0. The van der Waals surface area contributed by atoms with Crippen molar-refractivity contribution in [3.8, 4) is 0 Å². The third-order valence-electron chi connectivity index (χ3n) is 4.70. The van der Waals surface area contributed by atoms with Crippen LogP contribution in [0.5, 0.6) is 0 Å². The molecule has 0 amide bonds. The minimum absolute atomic E-state index is 0.754. The van der Waals surface area contributed by atoms with Gasteiger partial charge in [0.1, 0.15) is 0 Å². The first-order valence-electron chi connectivity index (χ1n) is 7.16. The third-order valence-corrected chi connectivity index (χ3v) is 4.70. The van der Waals surface area contributed by atoms with Crippen LogP contribution in [0, 0.1) is 11.8 Å². The molecule has 94 valence electrons. The van der Waals surface area contributed by atoms with Crippen LogP contribution in [0.4, 0.5) is 0 Å². The number of rotatable bonds is 3. The van der Waals surface area contributed by atoms with E-state index in [9.17, 15) is 0 Å². The number of piperidine rings is 1. The van der Waals surface area contributed by atoms with Gasteiger partial charge in [0.25, 0.3) is 0 Å². The van der Waals surface area contributed by atoms with Crippen LogP contribution in [0.15, 0.2) is 0 Å². The lowest BCUT2D eigenvalue weighted by Crippen LogP contribution is -2.48. The van der Waals surface area contributed by atoms with Gasteiger partial charge in [-0.3, -0.25) is 0 Å². The van der Waals surface area contributed by atoms with Gasteiger partial charge in [0.05, 0.1) is 0 Å². The number of likely N-dealkylation sites (tertiary alicyclic amines) is 1. The lowest BCUT2D eigenvalue weighted by molar-refractivity contribution is 0.0927. The second kappa shape index (κ2) is 5.50. The molecule has 2 aliphatic rings. The van der Waals surface area contributed by atoms with Crippen molar-refractivity contribution in [2.75, 3.05) is 19.6 Å². The van der Waals surface area contributed by atoms with Crippen molar-refractivity contribution >= 4 is 0 Å². The molecule has 0 saturated carbocycles. The van der Waals surface area contributed by atoms with Gasteiger partial charge < -0.3 is 10.2 Å². The van der Waals surface area contributed by atoms with Crippen LogP contribution in [0.25, 0.3) is 0 Å². The molecule has 16 heavy (non-hydrogen) atoms. The molecule has 0 bridgehead atoms. The predicted octanol–water partition coefficient (Wildman–Crippen LogP) is 2.49. The van der Waals surface area contributed by atoms with Crippen molar-refractivity contribution in [1.82, 2.24) is 10.2 Å². The number of nitrogens with one attached hydrogen (secondary N) is 1. The van der Waals surface area contributed by atoms with Gasteiger partial charge in [0.15, 0.2) is 0 Å².